The van der Waals surface area contributed by atoms with Crippen LogP contribution in [0.1, 0.15) is 39.7 Å². The van der Waals surface area contributed by atoms with E-state index in [9.17, 15) is 0 Å². The zero-order chi connectivity index (χ0) is 16.0. The van der Waals surface area contributed by atoms with Gasteiger partial charge >= 0.3 is 0 Å². The highest BCUT2D eigenvalue weighted by atomic mass is 16.5. The number of nitrogens with one attached hydrogen (secondary N) is 1. The summed E-state index contributed by atoms with van der Waals surface area (Å²) in [6.07, 6.45) is 2.99. The second kappa shape index (κ2) is 7.47. The molecule has 0 aromatic carbocycles. The molecule has 1 saturated heterocycles. The summed E-state index contributed by atoms with van der Waals surface area (Å²) in [6.45, 7) is 13.0. The van der Waals surface area contributed by atoms with E-state index in [-0.39, 0.29) is 0 Å². The molecule has 22 heavy (non-hydrogen) atoms. The van der Waals surface area contributed by atoms with Gasteiger partial charge in [-0.15, -0.1) is 0 Å². The lowest BCUT2D eigenvalue weighted by Crippen LogP contribution is -2.40. The molecule has 1 aliphatic heterocycles. The lowest BCUT2D eigenvalue weighted by Gasteiger charge is -2.23. The van der Waals surface area contributed by atoms with Crippen LogP contribution >= 0.6 is 0 Å². The molecule has 1 aromatic heterocycles. The van der Waals surface area contributed by atoms with Gasteiger partial charge in [0.1, 0.15) is 0 Å². The number of pyridine rings is 1. The number of hydrogen-bond acceptors (Lipinski definition) is 3. The summed E-state index contributed by atoms with van der Waals surface area (Å²) in [5.74, 6) is 1.67. The highest BCUT2D eigenvalue weighted by Crippen LogP contribution is 2.28. The number of guanidine groups is 1. The van der Waals surface area contributed by atoms with Crippen LogP contribution in [0.2, 0.25) is 0 Å². The molecule has 1 aromatic rings. The predicted molar refractivity (Wildman–Crippen MR) is 90.2 cm³/mol. The zero-order valence-corrected chi connectivity index (χ0v) is 14.2. The molecule has 0 radical (unpaired) electrons. The number of nitrogens with zero attached hydrogens (tertiary/aromatic N) is 3. The third-order valence-corrected chi connectivity index (χ3v) is 3.81. The maximum atomic E-state index is 5.44. The van der Waals surface area contributed by atoms with Gasteiger partial charge in [0, 0.05) is 31.9 Å². The minimum Gasteiger partial charge on any atom is -0.478 e. The first-order valence-corrected chi connectivity index (χ1v) is 8.15. The van der Waals surface area contributed by atoms with Crippen LogP contribution in [0.3, 0.4) is 0 Å². The van der Waals surface area contributed by atoms with Crippen molar-refractivity contribution in [3.63, 3.8) is 0 Å². The first kappa shape index (κ1) is 16.6. The van der Waals surface area contributed by atoms with Gasteiger partial charge in [-0.05, 0) is 37.3 Å². The van der Waals surface area contributed by atoms with Crippen molar-refractivity contribution in [2.45, 2.75) is 40.7 Å². The smallest absolute Gasteiger partial charge is 0.213 e. The maximum Gasteiger partial charge on any atom is 0.213 e. The monoisotopic (exact) mass is 304 g/mol. The van der Waals surface area contributed by atoms with E-state index in [0.29, 0.717) is 24.4 Å². The van der Waals surface area contributed by atoms with Gasteiger partial charge in [-0.3, -0.25) is 0 Å². The molecule has 122 valence electrons. The highest BCUT2D eigenvalue weighted by molar-refractivity contribution is 5.80. The second-order valence-electron chi connectivity index (χ2n) is 6.44. The topological polar surface area (TPSA) is 49.8 Å². The Hall–Kier alpha value is -1.78. The van der Waals surface area contributed by atoms with E-state index in [4.69, 9.17) is 9.73 Å². The van der Waals surface area contributed by atoms with Crippen molar-refractivity contribution >= 4 is 5.96 Å². The van der Waals surface area contributed by atoms with Crippen molar-refractivity contribution in [1.29, 1.82) is 0 Å². The fourth-order valence-corrected chi connectivity index (χ4v) is 2.66. The number of aliphatic imine (C=N–C) groups is 1. The van der Waals surface area contributed by atoms with Gasteiger partial charge in [-0.1, -0.05) is 13.8 Å². The number of ether oxygens (including phenoxy) is 1. The van der Waals surface area contributed by atoms with E-state index in [1.54, 1.807) is 6.20 Å². The van der Waals surface area contributed by atoms with E-state index < -0.39 is 0 Å². The minimum atomic E-state index is 0.370. The van der Waals surface area contributed by atoms with Gasteiger partial charge in [0.05, 0.1) is 13.2 Å². The lowest BCUT2D eigenvalue weighted by atomic mass is 9.93. The molecule has 1 aliphatic rings. The van der Waals surface area contributed by atoms with Crippen LogP contribution in [0.5, 0.6) is 5.88 Å². The SMILES string of the molecule is CCNC(=NCc1ccnc(OCC)c1)N1CCC(C)(C)C1. The van der Waals surface area contributed by atoms with Gasteiger partial charge in [0.2, 0.25) is 5.88 Å². The summed E-state index contributed by atoms with van der Waals surface area (Å²) >= 11 is 0. The molecule has 0 atom stereocenters. The third-order valence-electron chi connectivity index (χ3n) is 3.81. The van der Waals surface area contributed by atoms with Gasteiger partial charge in [-0.2, -0.15) is 0 Å². The molecule has 1 fully saturated rings. The van der Waals surface area contributed by atoms with Crippen LogP contribution in [-0.4, -0.2) is 42.1 Å². The molecule has 0 aliphatic carbocycles. The summed E-state index contributed by atoms with van der Waals surface area (Å²) in [6, 6.07) is 3.95. The molecule has 1 N–H and O–H groups in total. The Kier molecular flexibility index (Phi) is 5.63. The standard InChI is InChI=1S/C17H28N4O/c1-5-18-16(21-10-8-17(3,4)13-21)20-12-14-7-9-19-15(11-14)22-6-2/h7,9,11H,5-6,8,10,12-13H2,1-4H3,(H,18,20). The van der Waals surface area contributed by atoms with Crippen LogP contribution in [0.25, 0.3) is 0 Å². The molecule has 2 heterocycles. The van der Waals surface area contributed by atoms with Gasteiger partial charge in [0.25, 0.3) is 0 Å². The average molecular weight is 304 g/mol. The molecule has 0 saturated carbocycles. The van der Waals surface area contributed by atoms with Crippen LogP contribution < -0.4 is 10.1 Å². The molecule has 0 amide bonds. The Morgan fingerprint density at radius 1 is 1.45 bits per heavy atom. The van der Waals surface area contributed by atoms with E-state index in [2.05, 4.69) is 36.0 Å². The number of aromatic nitrogens is 1. The Morgan fingerprint density at radius 2 is 2.27 bits per heavy atom. The molecule has 0 spiro atoms. The Morgan fingerprint density at radius 3 is 2.91 bits per heavy atom. The number of likely N-dealkylation sites (tertiary alicyclic amines) is 1. The molecular weight excluding hydrogens is 276 g/mol. The molecule has 0 unspecified atom stereocenters. The van der Waals surface area contributed by atoms with Crippen molar-refractivity contribution in [1.82, 2.24) is 15.2 Å². The third kappa shape index (κ3) is 4.61. The molecule has 5 heteroatoms. The maximum absolute atomic E-state index is 5.44. The fourth-order valence-electron chi connectivity index (χ4n) is 2.66. The van der Waals surface area contributed by atoms with Crippen LogP contribution in [0, 0.1) is 5.41 Å². The summed E-state index contributed by atoms with van der Waals surface area (Å²) in [7, 11) is 0. The summed E-state index contributed by atoms with van der Waals surface area (Å²) in [4.78, 5) is 11.3. The van der Waals surface area contributed by atoms with Crippen molar-refractivity contribution in [3.8, 4) is 5.88 Å². The van der Waals surface area contributed by atoms with E-state index in [1.165, 1.54) is 6.42 Å². The highest BCUT2D eigenvalue weighted by Gasteiger charge is 2.30. The number of hydrogen-bond donors (Lipinski definition) is 1. The minimum absolute atomic E-state index is 0.370. The lowest BCUT2D eigenvalue weighted by molar-refractivity contribution is 0.326. The first-order chi connectivity index (χ1) is 10.5. The average Bonchev–Trinajstić information content (AvgIpc) is 2.84. The van der Waals surface area contributed by atoms with Crippen LogP contribution in [0.4, 0.5) is 0 Å². The summed E-state index contributed by atoms with van der Waals surface area (Å²) in [5, 5.41) is 3.40. The Balaban J connectivity index is 2.05. The molecule has 5 nitrogen and oxygen atoms in total. The summed E-state index contributed by atoms with van der Waals surface area (Å²) in [5.41, 5.74) is 1.49. The fraction of sp³-hybridized carbons (Fsp3) is 0.647. The van der Waals surface area contributed by atoms with Crippen molar-refractivity contribution in [2.24, 2.45) is 10.4 Å². The van der Waals surface area contributed by atoms with Crippen molar-refractivity contribution < 1.29 is 4.74 Å². The van der Waals surface area contributed by atoms with Crippen LogP contribution in [-0.2, 0) is 6.54 Å². The van der Waals surface area contributed by atoms with E-state index >= 15 is 0 Å². The molecular formula is C17H28N4O. The number of rotatable bonds is 5. The van der Waals surface area contributed by atoms with Crippen molar-refractivity contribution in [2.75, 3.05) is 26.2 Å². The Labute approximate surface area is 133 Å². The van der Waals surface area contributed by atoms with Gasteiger partial charge in [0.15, 0.2) is 5.96 Å². The largest absolute Gasteiger partial charge is 0.478 e. The molecule has 2 rings (SSSR count). The second-order valence-corrected chi connectivity index (χ2v) is 6.44. The first-order valence-electron chi connectivity index (χ1n) is 8.15. The molecule has 0 bridgehead atoms. The van der Waals surface area contributed by atoms with E-state index in [1.807, 2.05) is 19.1 Å². The van der Waals surface area contributed by atoms with E-state index in [0.717, 1.165) is 31.2 Å². The normalized spacial score (nSPS) is 17.6. The zero-order valence-electron chi connectivity index (χ0n) is 14.2. The van der Waals surface area contributed by atoms with Gasteiger partial charge in [-0.25, -0.2) is 9.98 Å². The Bertz CT molecular complexity index is 513. The van der Waals surface area contributed by atoms with Gasteiger partial charge < -0.3 is 15.0 Å². The quantitative estimate of drug-likeness (QED) is 0.671. The summed E-state index contributed by atoms with van der Waals surface area (Å²) < 4.78 is 5.44. The van der Waals surface area contributed by atoms with Crippen LogP contribution in [0.15, 0.2) is 23.3 Å². The predicted octanol–water partition coefficient (Wildman–Crippen LogP) is 2.68. The van der Waals surface area contributed by atoms with Crippen molar-refractivity contribution in [3.05, 3.63) is 23.9 Å².